The van der Waals surface area contributed by atoms with Gasteiger partial charge in [0.15, 0.2) is 0 Å². The number of rotatable bonds is 6. The van der Waals surface area contributed by atoms with Crippen LogP contribution in [0.15, 0.2) is 52.2 Å². The zero-order chi connectivity index (χ0) is 23.7. The van der Waals surface area contributed by atoms with Crippen LogP contribution in [-0.2, 0) is 32.5 Å². The van der Waals surface area contributed by atoms with Gasteiger partial charge >= 0.3 is 4.87 Å². The molecule has 2 heterocycles. The fraction of sp³-hybridized carbons (Fsp3) is 0.417. The van der Waals surface area contributed by atoms with Crippen LogP contribution < -0.4 is 9.60 Å². The van der Waals surface area contributed by atoms with Gasteiger partial charge in [-0.25, -0.2) is 13.1 Å². The van der Waals surface area contributed by atoms with Crippen molar-refractivity contribution in [3.8, 4) is 0 Å². The average Bonchev–Trinajstić information content (AvgIpc) is 3.17. The Bertz CT molecular complexity index is 1370. The van der Waals surface area contributed by atoms with Crippen molar-refractivity contribution in [2.45, 2.75) is 43.2 Å². The number of hydrogen-bond donors (Lipinski definition) is 1. The minimum Gasteiger partial charge on any atom is -0.378 e. The summed E-state index contributed by atoms with van der Waals surface area (Å²) in [5.74, 6) is -0.00860. The Kier molecular flexibility index (Phi) is 6.57. The van der Waals surface area contributed by atoms with Crippen molar-refractivity contribution in [1.82, 2.24) is 14.2 Å². The number of benzene rings is 2. The molecule has 1 saturated heterocycles. The van der Waals surface area contributed by atoms with Gasteiger partial charge in [-0.3, -0.25) is 14.2 Å². The molecule has 3 aromatic rings. The first-order valence-corrected chi connectivity index (χ1v) is 13.8. The Morgan fingerprint density at radius 2 is 1.94 bits per heavy atom. The third-order valence-corrected chi connectivity index (χ3v) is 8.94. The minimum absolute atomic E-state index is 0.00860. The molecular formula is C24H27N3O5S2. The number of amides is 1. The predicted molar refractivity (Wildman–Crippen MR) is 131 cm³/mol. The van der Waals surface area contributed by atoms with Crippen molar-refractivity contribution in [2.75, 3.05) is 26.3 Å². The summed E-state index contributed by atoms with van der Waals surface area (Å²) in [4.78, 5) is 26.8. The number of ether oxygens (including phenoxy) is 1. The van der Waals surface area contributed by atoms with E-state index in [1.54, 1.807) is 21.6 Å². The summed E-state index contributed by atoms with van der Waals surface area (Å²) >= 11 is 1.00. The van der Waals surface area contributed by atoms with E-state index in [-0.39, 0.29) is 34.7 Å². The smallest absolute Gasteiger partial charge is 0.308 e. The molecule has 1 N–H and O–H groups in total. The van der Waals surface area contributed by atoms with Crippen molar-refractivity contribution < 1.29 is 17.9 Å². The van der Waals surface area contributed by atoms with Crippen LogP contribution in [0.2, 0.25) is 0 Å². The normalized spacial score (nSPS) is 18.7. The van der Waals surface area contributed by atoms with Gasteiger partial charge in [-0.05, 0) is 48.6 Å². The molecule has 10 heteroatoms. The number of carbonyl (C=O) groups is 1. The van der Waals surface area contributed by atoms with Crippen LogP contribution in [0.5, 0.6) is 0 Å². The number of fused-ring (bicyclic) bond motifs is 2. The van der Waals surface area contributed by atoms with Crippen LogP contribution >= 0.6 is 11.3 Å². The second-order valence-electron chi connectivity index (χ2n) is 8.66. The lowest BCUT2D eigenvalue weighted by molar-refractivity contribution is -0.135. The molecule has 0 bridgehead atoms. The van der Waals surface area contributed by atoms with Gasteiger partial charge in [0.2, 0.25) is 15.9 Å². The van der Waals surface area contributed by atoms with Gasteiger partial charge in [-0.1, -0.05) is 35.6 Å². The molecule has 0 saturated carbocycles. The highest BCUT2D eigenvalue weighted by atomic mass is 32.2. The van der Waals surface area contributed by atoms with Crippen LogP contribution in [0.1, 0.15) is 36.4 Å². The van der Waals surface area contributed by atoms with Gasteiger partial charge in [0.1, 0.15) is 0 Å². The second-order valence-corrected chi connectivity index (χ2v) is 11.4. The molecular weight excluding hydrogens is 474 g/mol. The summed E-state index contributed by atoms with van der Waals surface area (Å²) in [7, 11) is -3.77. The fourth-order valence-corrected chi connectivity index (χ4v) is 7.04. The van der Waals surface area contributed by atoms with E-state index in [2.05, 4.69) is 4.72 Å². The molecule has 1 aliphatic carbocycles. The summed E-state index contributed by atoms with van der Waals surface area (Å²) in [6.07, 6.45) is 2.85. The summed E-state index contributed by atoms with van der Waals surface area (Å²) in [6.45, 7) is 2.46. The van der Waals surface area contributed by atoms with Crippen LogP contribution in [-0.4, -0.2) is 50.1 Å². The first-order valence-electron chi connectivity index (χ1n) is 11.5. The highest BCUT2D eigenvalue weighted by Gasteiger charge is 2.26. The molecule has 8 nitrogen and oxygen atoms in total. The Morgan fingerprint density at radius 1 is 1.15 bits per heavy atom. The topological polar surface area (TPSA) is 97.7 Å². The van der Waals surface area contributed by atoms with Gasteiger partial charge < -0.3 is 9.64 Å². The number of nitrogens with zero attached hydrogens (tertiary/aromatic N) is 2. The van der Waals surface area contributed by atoms with Crippen molar-refractivity contribution in [2.24, 2.45) is 0 Å². The van der Waals surface area contributed by atoms with Gasteiger partial charge in [-0.2, -0.15) is 0 Å². The molecule has 2 aromatic carbocycles. The molecule has 1 aliphatic heterocycles. The van der Waals surface area contributed by atoms with Crippen molar-refractivity contribution >= 4 is 37.5 Å². The lowest BCUT2D eigenvalue weighted by Crippen LogP contribution is -2.41. The summed E-state index contributed by atoms with van der Waals surface area (Å²) < 4.78 is 36.7. The first-order chi connectivity index (χ1) is 16.4. The molecule has 1 atom stereocenters. The standard InChI is InChI=1S/C24H27N3O5S2/c28-23(26-12-14-32-15-13-26)10-11-27-21-9-8-18(16-22(21)33-24(27)29)34(30,31)25-20-7-3-5-17-4-1-2-6-19(17)20/h1-2,4,6,8-9,16,20,25H,3,5,7,10-15H2. The molecule has 0 radical (unpaired) electrons. The zero-order valence-electron chi connectivity index (χ0n) is 18.7. The van der Waals surface area contributed by atoms with E-state index in [0.29, 0.717) is 36.5 Å². The lowest BCUT2D eigenvalue weighted by atomic mass is 9.88. The molecule has 1 amide bonds. The number of sulfonamides is 1. The first kappa shape index (κ1) is 23.2. The maximum Gasteiger partial charge on any atom is 0.308 e. The third kappa shape index (κ3) is 4.68. The van der Waals surface area contributed by atoms with E-state index in [0.717, 1.165) is 36.2 Å². The number of thiazole rings is 1. The number of hydrogen-bond acceptors (Lipinski definition) is 6. The molecule has 1 aromatic heterocycles. The van der Waals surface area contributed by atoms with Gasteiger partial charge in [0.05, 0.1) is 28.3 Å². The number of morpholine rings is 1. The molecule has 180 valence electrons. The maximum absolute atomic E-state index is 13.2. The third-order valence-electron chi connectivity index (χ3n) is 6.53. The van der Waals surface area contributed by atoms with Crippen LogP contribution in [0.3, 0.4) is 0 Å². The van der Waals surface area contributed by atoms with E-state index in [4.69, 9.17) is 4.74 Å². The van der Waals surface area contributed by atoms with E-state index >= 15 is 0 Å². The number of nitrogens with one attached hydrogen (secondary N) is 1. The average molecular weight is 502 g/mol. The second kappa shape index (κ2) is 9.61. The van der Waals surface area contributed by atoms with Crippen molar-refractivity contribution in [3.05, 3.63) is 63.3 Å². The largest absolute Gasteiger partial charge is 0.378 e. The quantitative estimate of drug-likeness (QED) is 0.560. The van der Waals surface area contributed by atoms with Crippen molar-refractivity contribution in [1.29, 1.82) is 0 Å². The zero-order valence-corrected chi connectivity index (χ0v) is 20.4. The molecule has 1 unspecified atom stereocenters. The highest BCUT2D eigenvalue weighted by molar-refractivity contribution is 7.89. The Hall–Kier alpha value is -2.53. The Labute approximate surface area is 202 Å². The van der Waals surface area contributed by atoms with Gasteiger partial charge in [-0.15, -0.1) is 0 Å². The van der Waals surface area contributed by atoms with Gasteiger partial charge in [0, 0.05) is 32.1 Å². The van der Waals surface area contributed by atoms with E-state index in [1.807, 2.05) is 24.3 Å². The van der Waals surface area contributed by atoms with E-state index in [9.17, 15) is 18.0 Å². The lowest BCUT2D eigenvalue weighted by Gasteiger charge is -2.26. The Balaban J connectivity index is 1.34. The molecule has 2 aliphatic rings. The maximum atomic E-state index is 13.2. The summed E-state index contributed by atoms with van der Waals surface area (Å²) in [5.41, 5.74) is 2.85. The van der Waals surface area contributed by atoms with Crippen LogP contribution in [0.25, 0.3) is 10.2 Å². The number of aryl methyl sites for hydroxylation is 2. The van der Waals surface area contributed by atoms with E-state index in [1.165, 1.54) is 11.6 Å². The molecule has 5 rings (SSSR count). The van der Waals surface area contributed by atoms with Crippen LogP contribution in [0.4, 0.5) is 0 Å². The summed E-state index contributed by atoms with van der Waals surface area (Å²) in [6, 6.07) is 12.4. The highest BCUT2D eigenvalue weighted by Crippen LogP contribution is 2.31. The van der Waals surface area contributed by atoms with E-state index < -0.39 is 10.0 Å². The van der Waals surface area contributed by atoms with Crippen molar-refractivity contribution in [3.63, 3.8) is 0 Å². The molecule has 34 heavy (non-hydrogen) atoms. The number of aromatic nitrogens is 1. The monoisotopic (exact) mass is 501 g/mol. The Morgan fingerprint density at radius 3 is 2.76 bits per heavy atom. The molecule has 1 fully saturated rings. The summed E-state index contributed by atoms with van der Waals surface area (Å²) in [5, 5.41) is 0. The SMILES string of the molecule is O=C(CCn1c(=O)sc2cc(S(=O)(=O)NC3CCCc4ccccc43)ccc21)N1CCOCC1. The predicted octanol–water partition coefficient (Wildman–Crippen LogP) is 2.67. The van der Waals surface area contributed by atoms with Gasteiger partial charge in [0.25, 0.3) is 0 Å². The fourth-order valence-electron chi connectivity index (χ4n) is 4.74. The molecule has 0 spiro atoms. The minimum atomic E-state index is -3.77. The van der Waals surface area contributed by atoms with Crippen LogP contribution in [0, 0.1) is 0 Å². The number of carbonyl (C=O) groups excluding carboxylic acids is 1.